The van der Waals surface area contributed by atoms with Crippen LogP contribution in [0.1, 0.15) is 18.1 Å². The third kappa shape index (κ3) is 4.28. The van der Waals surface area contributed by atoms with E-state index in [2.05, 4.69) is 20.8 Å². The first kappa shape index (κ1) is 19.3. The number of hydrogen-bond acceptors (Lipinski definition) is 5. The molecule has 0 fully saturated rings. The number of hydrogen-bond donors (Lipinski definition) is 1. The number of thioether (sulfide) groups is 1. The van der Waals surface area contributed by atoms with E-state index in [1.54, 1.807) is 11.6 Å². The van der Waals surface area contributed by atoms with Gasteiger partial charge in [0.15, 0.2) is 0 Å². The quantitative estimate of drug-likeness (QED) is 0.644. The van der Waals surface area contributed by atoms with E-state index in [9.17, 15) is 9.18 Å². The van der Waals surface area contributed by atoms with Crippen LogP contribution in [0.2, 0.25) is 5.02 Å². The SMILES string of the molecule is Cc1cccc(C)c1-n1nnnc1S[C@@H](C)C(=O)Nc1ccc(F)cc1Cl. The molecule has 0 bridgehead atoms. The van der Waals surface area contributed by atoms with Gasteiger partial charge in [-0.2, -0.15) is 4.68 Å². The van der Waals surface area contributed by atoms with Crippen molar-refractivity contribution in [3.05, 3.63) is 58.4 Å². The van der Waals surface area contributed by atoms with Gasteiger partial charge >= 0.3 is 0 Å². The number of aryl methyl sites for hydroxylation is 2. The molecule has 0 aliphatic rings. The first-order chi connectivity index (χ1) is 12.9. The molecule has 2 aromatic carbocycles. The Morgan fingerprint density at radius 2 is 1.96 bits per heavy atom. The highest BCUT2D eigenvalue weighted by molar-refractivity contribution is 8.00. The molecular weight excluding hydrogens is 389 g/mol. The molecule has 0 unspecified atom stereocenters. The molecule has 0 aliphatic carbocycles. The van der Waals surface area contributed by atoms with Gasteiger partial charge in [0.25, 0.3) is 0 Å². The Balaban J connectivity index is 1.78. The summed E-state index contributed by atoms with van der Waals surface area (Å²) in [5.74, 6) is -0.752. The Hall–Kier alpha value is -2.45. The zero-order chi connectivity index (χ0) is 19.6. The number of halogens is 2. The van der Waals surface area contributed by atoms with Crippen molar-refractivity contribution in [3.63, 3.8) is 0 Å². The van der Waals surface area contributed by atoms with Crippen LogP contribution in [0, 0.1) is 19.7 Å². The van der Waals surface area contributed by atoms with Crippen LogP contribution in [-0.2, 0) is 4.79 Å². The number of amides is 1. The summed E-state index contributed by atoms with van der Waals surface area (Å²) >= 11 is 7.19. The molecule has 0 radical (unpaired) electrons. The number of rotatable bonds is 5. The predicted molar refractivity (Wildman–Crippen MR) is 104 cm³/mol. The maximum Gasteiger partial charge on any atom is 0.237 e. The lowest BCUT2D eigenvalue weighted by atomic mass is 10.1. The maximum atomic E-state index is 13.1. The van der Waals surface area contributed by atoms with E-state index < -0.39 is 11.1 Å². The smallest absolute Gasteiger partial charge is 0.237 e. The zero-order valence-electron chi connectivity index (χ0n) is 14.9. The van der Waals surface area contributed by atoms with E-state index in [1.165, 1.54) is 23.9 Å². The minimum atomic E-state index is -0.500. The van der Waals surface area contributed by atoms with Crippen LogP contribution in [0.15, 0.2) is 41.6 Å². The Morgan fingerprint density at radius 3 is 2.63 bits per heavy atom. The number of nitrogens with zero attached hydrogens (tertiary/aromatic N) is 4. The molecule has 3 aromatic rings. The summed E-state index contributed by atoms with van der Waals surface area (Å²) in [5.41, 5.74) is 3.29. The van der Waals surface area contributed by atoms with Gasteiger partial charge in [0.05, 0.1) is 21.6 Å². The summed E-state index contributed by atoms with van der Waals surface area (Å²) in [5, 5.41) is 14.7. The number of benzene rings is 2. The average Bonchev–Trinajstić information content (AvgIpc) is 3.05. The molecule has 6 nitrogen and oxygen atoms in total. The second-order valence-electron chi connectivity index (χ2n) is 5.99. The van der Waals surface area contributed by atoms with E-state index in [-0.39, 0.29) is 10.9 Å². The van der Waals surface area contributed by atoms with Crippen molar-refractivity contribution >= 4 is 35.0 Å². The highest BCUT2D eigenvalue weighted by atomic mass is 35.5. The number of carbonyl (C=O) groups excluding carboxylic acids is 1. The molecule has 0 saturated heterocycles. The van der Waals surface area contributed by atoms with Crippen molar-refractivity contribution in [1.82, 2.24) is 20.2 Å². The van der Waals surface area contributed by atoms with E-state index in [4.69, 9.17) is 11.6 Å². The number of anilines is 1. The summed E-state index contributed by atoms with van der Waals surface area (Å²) in [7, 11) is 0. The normalized spacial score (nSPS) is 12.0. The first-order valence-corrected chi connectivity index (χ1v) is 9.40. The van der Waals surface area contributed by atoms with Gasteiger partial charge in [0, 0.05) is 0 Å². The molecule has 0 saturated carbocycles. The average molecular weight is 406 g/mol. The molecule has 1 heterocycles. The molecular formula is C18H17ClFN5OS. The van der Waals surface area contributed by atoms with E-state index >= 15 is 0 Å². The Labute approximate surface area is 165 Å². The van der Waals surface area contributed by atoms with Gasteiger partial charge in [-0.15, -0.1) is 5.10 Å². The molecule has 1 aromatic heterocycles. The van der Waals surface area contributed by atoms with Gasteiger partial charge in [-0.05, 0) is 60.5 Å². The van der Waals surface area contributed by atoms with Gasteiger partial charge in [-0.3, -0.25) is 4.79 Å². The van der Waals surface area contributed by atoms with E-state index in [0.29, 0.717) is 10.8 Å². The van der Waals surface area contributed by atoms with E-state index in [0.717, 1.165) is 22.9 Å². The fourth-order valence-corrected chi connectivity index (χ4v) is 3.58. The summed E-state index contributed by atoms with van der Waals surface area (Å²) in [6.45, 7) is 5.69. The van der Waals surface area contributed by atoms with Crippen LogP contribution in [-0.4, -0.2) is 31.4 Å². The summed E-state index contributed by atoms with van der Waals surface area (Å²) in [6.07, 6.45) is 0. The minimum absolute atomic E-state index is 0.140. The Morgan fingerprint density at radius 1 is 1.26 bits per heavy atom. The van der Waals surface area contributed by atoms with Crippen molar-refractivity contribution in [2.45, 2.75) is 31.2 Å². The van der Waals surface area contributed by atoms with Crippen molar-refractivity contribution < 1.29 is 9.18 Å². The third-order valence-electron chi connectivity index (χ3n) is 3.93. The molecule has 1 atom stereocenters. The van der Waals surface area contributed by atoms with Gasteiger partial charge in [0.2, 0.25) is 11.1 Å². The molecule has 0 aliphatic heterocycles. The van der Waals surface area contributed by atoms with Crippen molar-refractivity contribution in [1.29, 1.82) is 0 Å². The van der Waals surface area contributed by atoms with Crippen LogP contribution in [0.25, 0.3) is 5.69 Å². The molecule has 9 heteroatoms. The topological polar surface area (TPSA) is 72.7 Å². The van der Waals surface area contributed by atoms with Gasteiger partial charge in [0.1, 0.15) is 5.82 Å². The second kappa shape index (κ2) is 8.06. The monoisotopic (exact) mass is 405 g/mol. The Bertz CT molecular complexity index is 973. The van der Waals surface area contributed by atoms with Crippen LogP contribution >= 0.6 is 23.4 Å². The maximum absolute atomic E-state index is 13.1. The second-order valence-corrected chi connectivity index (χ2v) is 7.70. The molecule has 140 valence electrons. The minimum Gasteiger partial charge on any atom is -0.324 e. The molecule has 3 rings (SSSR count). The summed E-state index contributed by atoms with van der Waals surface area (Å²) in [6, 6.07) is 9.73. The fraction of sp³-hybridized carbons (Fsp3) is 0.222. The highest BCUT2D eigenvalue weighted by Gasteiger charge is 2.21. The van der Waals surface area contributed by atoms with Gasteiger partial charge in [-0.1, -0.05) is 41.6 Å². The summed E-state index contributed by atoms with van der Waals surface area (Å²) < 4.78 is 14.8. The first-order valence-electron chi connectivity index (χ1n) is 8.14. The lowest BCUT2D eigenvalue weighted by Crippen LogP contribution is -2.23. The van der Waals surface area contributed by atoms with Gasteiger partial charge < -0.3 is 5.32 Å². The van der Waals surface area contributed by atoms with Gasteiger partial charge in [-0.25, -0.2) is 4.39 Å². The van der Waals surface area contributed by atoms with Crippen molar-refractivity contribution in [2.24, 2.45) is 0 Å². The van der Waals surface area contributed by atoms with Crippen molar-refractivity contribution in [3.8, 4) is 5.69 Å². The summed E-state index contributed by atoms with van der Waals surface area (Å²) in [4.78, 5) is 12.5. The van der Waals surface area contributed by atoms with Crippen LogP contribution < -0.4 is 5.32 Å². The Kier molecular flexibility index (Phi) is 5.76. The fourth-order valence-electron chi connectivity index (χ4n) is 2.57. The van der Waals surface area contributed by atoms with Crippen LogP contribution in [0.5, 0.6) is 0 Å². The van der Waals surface area contributed by atoms with E-state index in [1.807, 2.05) is 32.0 Å². The molecule has 27 heavy (non-hydrogen) atoms. The highest BCUT2D eigenvalue weighted by Crippen LogP contribution is 2.28. The predicted octanol–water partition coefficient (Wildman–Crippen LogP) is 4.19. The molecule has 0 spiro atoms. The standard InChI is InChI=1S/C18H17ClFN5OS/c1-10-5-4-6-11(2)16(10)25-18(22-23-24-25)27-12(3)17(26)21-15-8-7-13(20)9-14(15)19/h4-9,12H,1-3H3,(H,21,26)/t12-/m0/s1. The largest absolute Gasteiger partial charge is 0.324 e. The molecule has 1 N–H and O–H groups in total. The van der Waals surface area contributed by atoms with Crippen molar-refractivity contribution in [2.75, 3.05) is 5.32 Å². The number of nitrogens with one attached hydrogen (secondary N) is 1. The lowest BCUT2D eigenvalue weighted by Gasteiger charge is -2.14. The lowest BCUT2D eigenvalue weighted by molar-refractivity contribution is -0.115. The zero-order valence-corrected chi connectivity index (χ0v) is 16.5. The molecule has 1 amide bonds. The number of tetrazole rings is 1. The number of carbonyl (C=O) groups is 1. The number of para-hydroxylation sites is 1. The number of aromatic nitrogens is 4. The third-order valence-corrected chi connectivity index (χ3v) is 5.28. The van der Waals surface area contributed by atoms with Crippen LogP contribution in [0.4, 0.5) is 10.1 Å². The van der Waals surface area contributed by atoms with Crippen LogP contribution in [0.3, 0.4) is 0 Å².